The fourth-order valence-electron chi connectivity index (χ4n) is 0.719. The van der Waals surface area contributed by atoms with Crippen LogP contribution in [0.15, 0.2) is 18.2 Å². The molecule has 0 aliphatic rings. The lowest BCUT2D eigenvalue weighted by atomic mass is 9.95. The van der Waals surface area contributed by atoms with Gasteiger partial charge in [0.1, 0.15) is 19.4 Å². The van der Waals surface area contributed by atoms with Crippen LogP contribution in [0.2, 0.25) is 0 Å². The SMILES string of the molecule is [B]c1cc(OC(F)(F)F)ccc1F. The molecule has 0 bridgehead atoms. The van der Waals surface area contributed by atoms with Crippen LogP contribution in [0, 0.1) is 5.82 Å². The predicted octanol–water partition coefficient (Wildman–Crippen LogP) is 1.52. The zero-order chi connectivity index (χ0) is 10.1. The summed E-state index contributed by atoms with van der Waals surface area (Å²) in [6.07, 6.45) is -4.79. The molecule has 0 saturated heterocycles. The molecule has 1 rings (SSSR count). The van der Waals surface area contributed by atoms with E-state index in [0.717, 1.165) is 18.2 Å². The van der Waals surface area contributed by atoms with Crippen molar-refractivity contribution in [3.05, 3.63) is 24.0 Å². The molecule has 0 N–H and O–H groups in total. The van der Waals surface area contributed by atoms with Crippen LogP contribution in [0.1, 0.15) is 0 Å². The van der Waals surface area contributed by atoms with Gasteiger partial charge in [0.25, 0.3) is 0 Å². The molecule has 0 aromatic heterocycles. The molecule has 0 saturated carbocycles. The maximum Gasteiger partial charge on any atom is 0.573 e. The highest BCUT2D eigenvalue weighted by atomic mass is 19.4. The second-order valence-corrected chi connectivity index (χ2v) is 2.23. The lowest BCUT2D eigenvalue weighted by molar-refractivity contribution is -0.274. The van der Waals surface area contributed by atoms with Gasteiger partial charge in [-0.1, -0.05) is 5.46 Å². The molecule has 2 radical (unpaired) electrons. The van der Waals surface area contributed by atoms with Crippen molar-refractivity contribution in [3.63, 3.8) is 0 Å². The van der Waals surface area contributed by atoms with E-state index in [9.17, 15) is 17.6 Å². The number of alkyl halides is 3. The van der Waals surface area contributed by atoms with E-state index in [1.165, 1.54) is 0 Å². The first-order chi connectivity index (χ1) is 5.88. The Morgan fingerprint density at radius 1 is 1.23 bits per heavy atom. The highest BCUT2D eigenvalue weighted by Crippen LogP contribution is 2.21. The van der Waals surface area contributed by atoms with Gasteiger partial charge in [-0.25, -0.2) is 4.39 Å². The molecule has 0 fully saturated rings. The lowest BCUT2D eigenvalue weighted by Crippen LogP contribution is -2.19. The zero-order valence-corrected chi connectivity index (χ0v) is 6.23. The van der Waals surface area contributed by atoms with E-state index in [1.807, 2.05) is 0 Å². The van der Waals surface area contributed by atoms with Gasteiger partial charge in [0.2, 0.25) is 0 Å². The van der Waals surface area contributed by atoms with Crippen LogP contribution in [0.4, 0.5) is 17.6 Å². The second kappa shape index (κ2) is 3.28. The molecular weight excluding hydrogens is 187 g/mol. The van der Waals surface area contributed by atoms with Gasteiger partial charge < -0.3 is 4.74 Å². The van der Waals surface area contributed by atoms with E-state index in [1.54, 1.807) is 0 Å². The van der Waals surface area contributed by atoms with Gasteiger partial charge >= 0.3 is 6.36 Å². The number of hydrogen-bond acceptors (Lipinski definition) is 1. The molecule has 6 heteroatoms. The second-order valence-electron chi connectivity index (χ2n) is 2.23. The number of halogens is 4. The summed E-state index contributed by atoms with van der Waals surface area (Å²) in [7, 11) is 5.02. The summed E-state index contributed by atoms with van der Waals surface area (Å²) >= 11 is 0. The van der Waals surface area contributed by atoms with E-state index in [-0.39, 0.29) is 5.46 Å². The summed E-state index contributed by atoms with van der Waals surface area (Å²) in [5.74, 6) is -1.32. The molecule has 0 spiro atoms. The van der Waals surface area contributed by atoms with Gasteiger partial charge in [0.15, 0.2) is 0 Å². The van der Waals surface area contributed by atoms with Crippen molar-refractivity contribution in [1.29, 1.82) is 0 Å². The quantitative estimate of drug-likeness (QED) is 0.481. The van der Waals surface area contributed by atoms with Gasteiger partial charge in [0.05, 0.1) is 0 Å². The standard InChI is InChI=1S/C7H3BF4O/c8-5-3-4(1-2-6(5)9)13-7(10,11)12/h1-3H. The molecule has 0 unspecified atom stereocenters. The average Bonchev–Trinajstić information content (AvgIpc) is 1.94. The molecule has 0 amide bonds. The van der Waals surface area contributed by atoms with Gasteiger partial charge in [-0.05, 0) is 18.2 Å². The minimum absolute atomic E-state index is 0.387. The van der Waals surface area contributed by atoms with Crippen molar-refractivity contribution >= 4 is 13.3 Å². The van der Waals surface area contributed by atoms with Crippen molar-refractivity contribution < 1.29 is 22.3 Å². The monoisotopic (exact) mass is 190 g/mol. The van der Waals surface area contributed by atoms with Crippen LogP contribution in [-0.4, -0.2) is 14.2 Å². The van der Waals surface area contributed by atoms with Crippen LogP contribution in [0.5, 0.6) is 5.75 Å². The minimum Gasteiger partial charge on any atom is -0.406 e. The number of hydrogen-bond donors (Lipinski definition) is 0. The van der Waals surface area contributed by atoms with Crippen molar-refractivity contribution in [3.8, 4) is 5.75 Å². The largest absolute Gasteiger partial charge is 0.573 e. The highest BCUT2D eigenvalue weighted by molar-refractivity contribution is 6.32. The van der Waals surface area contributed by atoms with E-state index in [2.05, 4.69) is 4.74 Å². The Kier molecular flexibility index (Phi) is 2.49. The van der Waals surface area contributed by atoms with Crippen LogP contribution >= 0.6 is 0 Å². The zero-order valence-electron chi connectivity index (χ0n) is 6.23. The van der Waals surface area contributed by atoms with Crippen molar-refractivity contribution in [2.75, 3.05) is 0 Å². The Hall–Kier alpha value is -1.20. The molecule has 1 nitrogen and oxygen atoms in total. The van der Waals surface area contributed by atoms with Gasteiger partial charge in [0, 0.05) is 0 Å². The first kappa shape index (κ1) is 9.89. The Labute approximate surface area is 72.7 Å². The molecule has 1 aromatic rings. The molecule has 13 heavy (non-hydrogen) atoms. The van der Waals surface area contributed by atoms with Crippen molar-refractivity contribution in [1.82, 2.24) is 0 Å². The maximum absolute atomic E-state index is 12.5. The highest BCUT2D eigenvalue weighted by Gasteiger charge is 2.31. The van der Waals surface area contributed by atoms with E-state index in [4.69, 9.17) is 7.85 Å². The fourth-order valence-corrected chi connectivity index (χ4v) is 0.719. The first-order valence-electron chi connectivity index (χ1n) is 3.19. The maximum atomic E-state index is 12.5. The smallest absolute Gasteiger partial charge is 0.406 e. The average molecular weight is 190 g/mol. The normalized spacial score (nSPS) is 11.4. The number of benzene rings is 1. The Bertz CT molecular complexity index is 310. The van der Waals surface area contributed by atoms with E-state index < -0.39 is 17.9 Å². The summed E-state index contributed by atoms with van der Waals surface area (Å²) in [5, 5.41) is 0. The Morgan fingerprint density at radius 2 is 1.85 bits per heavy atom. The van der Waals surface area contributed by atoms with Crippen LogP contribution in [-0.2, 0) is 0 Å². The van der Waals surface area contributed by atoms with Crippen LogP contribution < -0.4 is 10.2 Å². The third-order valence-electron chi connectivity index (χ3n) is 1.20. The van der Waals surface area contributed by atoms with Crippen molar-refractivity contribution in [2.24, 2.45) is 0 Å². The molecular formula is C7H3BF4O. The number of ether oxygens (including phenoxy) is 1. The summed E-state index contributed by atoms with van der Waals surface area (Å²) < 4.78 is 50.8. The van der Waals surface area contributed by atoms with Gasteiger partial charge in [-0.3, -0.25) is 0 Å². The summed E-state index contributed by atoms with van der Waals surface area (Å²) in [6, 6.07) is 2.42. The Morgan fingerprint density at radius 3 is 2.31 bits per heavy atom. The molecule has 68 valence electrons. The molecule has 0 heterocycles. The third-order valence-corrected chi connectivity index (χ3v) is 1.20. The molecule has 0 aliphatic heterocycles. The van der Waals surface area contributed by atoms with E-state index in [0.29, 0.717) is 0 Å². The summed E-state index contributed by atoms with van der Waals surface area (Å²) in [6.45, 7) is 0. The fraction of sp³-hybridized carbons (Fsp3) is 0.143. The first-order valence-corrected chi connectivity index (χ1v) is 3.19. The molecule has 1 aromatic carbocycles. The predicted molar refractivity (Wildman–Crippen MR) is 38.5 cm³/mol. The minimum atomic E-state index is -4.79. The Balaban J connectivity index is 2.86. The number of rotatable bonds is 1. The van der Waals surface area contributed by atoms with Gasteiger partial charge in [-0.2, -0.15) is 0 Å². The summed E-state index contributed by atoms with van der Waals surface area (Å²) in [4.78, 5) is 0. The lowest BCUT2D eigenvalue weighted by Gasteiger charge is -2.09. The van der Waals surface area contributed by atoms with Crippen molar-refractivity contribution in [2.45, 2.75) is 6.36 Å². The van der Waals surface area contributed by atoms with E-state index >= 15 is 0 Å². The van der Waals surface area contributed by atoms with Crippen LogP contribution in [0.25, 0.3) is 0 Å². The van der Waals surface area contributed by atoms with Gasteiger partial charge in [-0.15, -0.1) is 13.2 Å². The topological polar surface area (TPSA) is 9.23 Å². The molecule has 0 aliphatic carbocycles. The third kappa shape index (κ3) is 2.97. The molecule has 0 atom stereocenters. The van der Waals surface area contributed by atoms with Crippen LogP contribution in [0.3, 0.4) is 0 Å². The summed E-state index contributed by atoms with van der Waals surface area (Å²) in [5.41, 5.74) is -0.387.